The highest BCUT2D eigenvalue weighted by Gasteiger charge is 2.35. The lowest BCUT2D eigenvalue weighted by molar-refractivity contribution is -0.120. The molecule has 1 aliphatic heterocycles. The minimum Gasteiger partial charge on any atom is -0.354 e. The van der Waals surface area contributed by atoms with Crippen LogP contribution in [0.3, 0.4) is 0 Å². The average Bonchev–Trinajstić information content (AvgIpc) is 3.11. The smallest absolute Gasteiger partial charge is 0.261 e. The van der Waals surface area contributed by atoms with Gasteiger partial charge in [-0.2, -0.15) is 0 Å². The number of amides is 4. The summed E-state index contributed by atoms with van der Waals surface area (Å²) >= 11 is 0. The van der Waals surface area contributed by atoms with Crippen LogP contribution in [-0.4, -0.2) is 48.2 Å². The summed E-state index contributed by atoms with van der Waals surface area (Å²) in [5.74, 6) is -1.56. The Hall–Kier alpha value is -4.26. The van der Waals surface area contributed by atoms with E-state index in [0.717, 1.165) is 11.1 Å². The molecule has 3 aromatic rings. The Labute approximate surface area is 197 Å². The lowest BCUT2D eigenvalue weighted by Crippen LogP contribution is -2.37. The maximum absolute atomic E-state index is 12.8. The summed E-state index contributed by atoms with van der Waals surface area (Å²) in [4.78, 5) is 51.3. The first-order chi connectivity index (χ1) is 16.5. The third-order valence-corrected chi connectivity index (χ3v) is 5.69. The van der Waals surface area contributed by atoms with Gasteiger partial charge in [-0.1, -0.05) is 60.7 Å². The van der Waals surface area contributed by atoms with Crippen molar-refractivity contribution in [3.05, 3.63) is 107 Å². The zero-order chi connectivity index (χ0) is 23.9. The minimum absolute atomic E-state index is 0.180. The van der Waals surface area contributed by atoms with E-state index in [4.69, 9.17) is 0 Å². The first-order valence-corrected chi connectivity index (χ1v) is 11.2. The van der Waals surface area contributed by atoms with Crippen molar-refractivity contribution in [3.63, 3.8) is 0 Å². The summed E-state index contributed by atoms with van der Waals surface area (Å²) in [6.45, 7) is 0.550. The highest BCUT2D eigenvalue weighted by molar-refractivity contribution is 6.22. The van der Waals surface area contributed by atoms with Crippen LogP contribution in [0.15, 0.2) is 78.9 Å². The molecule has 4 rings (SSSR count). The molecule has 0 bridgehead atoms. The number of nitrogens with one attached hydrogen (secondary N) is 2. The van der Waals surface area contributed by atoms with Gasteiger partial charge < -0.3 is 10.6 Å². The van der Waals surface area contributed by atoms with Crippen LogP contribution in [0.4, 0.5) is 0 Å². The lowest BCUT2D eigenvalue weighted by atomic mass is 10.1. The number of benzene rings is 3. The molecule has 1 heterocycles. The van der Waals surface area contributed by atoms with Gasteiger partial charge in [0.25, 0.3) is 17.7 Å². The van der Waals surface area contributed by atoms with Crippen LogP contribution in [0.25, 0.3) is 0 Å². The number of nitrogens with zero attached hydrogens (tertiary/aromatic N) is 1. The second-order valence-corrected chi connectivity index (χ2v) is 8.03. The molecular formula is C27H25N3O4. The van der Waals surface area contributed by atoms with Gasteiger partial charge in [0.05, 0.1) is 17.7 Å². The lowest BCUT2D eigenvalue weighted by Gasteiger charge is -2.13. The fraction of sp³-hybridized carbons (Fsp3) is 0.185. The molecule has 34 heavy (non-hydrogen) atoms. The van der Waals surface area contributed by atoms with Crippen LogP contribution in [-0.2, 0) is 17.6 Å². The molecule has 3 aromatic carbocycles. The molecule has 0 unspecified atom stereocenters. The van der Waals surface area contributed by atoms with E-state index in [1.165, 1.54) is 23.1 Å². The Balaban J connectivity index is 1.30. The van der Waals surface area contributed by atoms with E-state index in [2.05, 4.69) is 10.6 Å². The number of fused-ring (bicyclic) bond motifs is 1. The van der Waals surface area contributed by atoms with E-state index >= 15 is 0 Å². The molecule has 0 fully saturated rings. The molecule has 7 nitrogen and oxygen atoms in total. The highest BCUT2D eigenvalue weighted by Crippen LogP contribution is 2.24. The van der Waals surface area contributed by atoms with E-state index in [0.29, 0.717) is 19.4 Å². The van der Waals surface area contributed by atoms with Crippen LogP contribution >= 0.6 is 0 Å². The zero-order valence-corrected chi connectivity index (χ0v) is 18.6. The van der Waals surface area contributed by atoms with Crippen molar-refractivity contribution in [1.82, 2.24) is 15.5 Å². The molecule has 0 atom stereocenters. The molecular weight excluding hydrogens is 430 g/mol. The van der Waals surface area contributed by atoms with Gasteiger partial charge >= 0.3 is 0 Å². The van der Waals surface area contributed by atoms with Crippen molar-refractivity contribution in [2.45, 2.75) is 12.8 Å². The van der Waals surface area contributed by atoms with E-state index in [-0.39, 0.29) is 41.6 Å². The average molecular weight is 456 g/mol. The van der Waals surface area contributed by atoms with Crippen LogP contribution in [0.5, 0.6) is 0 Å². The summed E-state index contributed by atoms with van der Waals surface area (Å²) < 4.78 is 0. The minimum atomic E-state index is -0.482. The second kappa shape index (κ2) is 10.6. The largest absolute Gasteiger partial charge is 0.354 e. The van der Waals surface area contributed by atoms with E-state index in [9.17, 15) is 19.2 Å². The van der Waals surface area contributed by atoms with Gasteiger partial charge in [-0.25, -0.2) is 0 Å². The van der Waals surface area contributed by atoms with Gasteiger partial charge in [-0.05, 0) is 42.2 Å². The fourth-order valence-electron chi connectivity index (χ4n) is 3.84. The molecule has 0 aromatic heterocycles. The Bertz CT molecular complexity index is 1210. The van der Waals surface area contributed by atoms with Gasteiger partial charge in [0.2, 0.25) is 5.91 Å². The van der Waals surface area contributed by atoms with Crippen LogP contribution in [0, 0.1) is 0 Å². The van der Waals surface area contributed by atoms with Crippen molar-refractivity contribution in [2.24, 2.45) is 0 Å². The van der Waals surface area contributed by atoms with E-state index in [1.807, 2.05) is 60.7 Å². The molecule has 0 aliphatic carbocycles. The van der Waals surface area contributed by atoms with Crippen LogP contribution in [0.1, 0.15) is 42.2 Å². The number of hydrogen-bond acceptors (Lipinski definition) is 4. The second-order valence-electron chi connectivity index (χ2n) is 8.03. The molecule has 7 heteroatoms. The summed E-state index contributed by atoms with van der Waals surface area (Å²) in [6, 6.07) is 23.8. The first kappa shape index (κ1) is 22.9. The van der Waals surface area contributed by atoms with E-state index in [1.54, 1.807) is 0 Å². The van der Waals surface area contributed by atoms with Crippen molar-refractivity contribution in [3.8, 4) is 0 Å². The third kappa shape index (κ3) is 5.38. The summed E-state index contributed by atoms with van der Waals surface area (Å²) in [5, 5.41) is 5.33. The Morgan fingerprint density at radius 3 is 2.00 bits per heavy atom. The molecule has 0 saturated carbocycles. The molecule has 0 saturated heterocycles. The number of rotatable bonds is 9. The van der Waals surface area contributed by atoms with Crippen LogP contribution < -0.4 is 10.6 Å². The maximum atomic E-state index is 12.8. The predicted octanol–water partition coefficient (Wildman–Crippen LogP) is 2.61. The monoisotopic (exact) mass is 455 g/mol. The van der Waals surface area contributed by atoms with Crippen molar-refractivity contribution >= 4 is 23.6 Å². The number of imide groups is 1. The summed E-state index contributed by atoms with van der Waals surface area (Å²) in [5.41, 5.74) is 2.86. The molecule has 0 spiro atoms. The van der Waals surface area contributed by atoms with Gasteiger partial charge in [0.1, 0.15) is 0 Å². The molecule has 1 aliphatic rings. The molecule has 0 radical (unpaired) electrons. The topological polar surface area (TPSA) is 95.6 Å². The summed E-state index contributed by atoms with van der Waals surface area (Å²) in [6.07, 6.45) is 1.25. The number of carbonyl (C=O) groups is 4. The highest BCUT2D eigenvalue weighted by atomic mass is 16.2. The fourth-order valence-corrected chi connectivity index (χ4v) is 3.84. The van der Waals surface area contributed by atoms with Gasteiger partial charge in [0, 0.05) is 18.7 Å². The quantitative estimate of drug-likeness (QED) is 0.485. The maximum Gasteiger partial charge on any atom is 0.261 e. The van der Waals surface area contributed by atoms with Crippen molar-refractivity contribution in [1.29, 1.82) is 0 Å². The van der Waals surface area contributed by atoms with Crippen molar-refractivity contribution in [2.75, 3.05) is 19.6 Å². The molecule has 172 valence electrons. The number of carbonyl (C=O) groups excluding carboxylic acids is 4. The third-order valence-electron chi connectivity index (χ3n) is 5.69. The number of hydrogen-bond donors (Lipinski definition) is 2. The Morgan fingerprint density at radius 2 is 1.32 bits per heavy atom. The first-order valence-electron chi connectivity index (χ1n) is 11.2. The van der Waals surface area contributed by atoms with Crippen LogP contribution in [0.2, 0.25) is 0 Å². The van der Waals surface area contributed by atoms with Gasteiger partial charge in [0.15, 0.2) is 0 Å². The van der Waals surface area contributed by atoms with Crippen molar-refractivity contribution < 1.29 is 19.2 Å². The molecule has 4 amide bonds. The Kier molecular flexibility index (Phi) is 7.13. The predicted molar refractivity (Wildman–Crippen MR) is 127 cm³/mol. The summed E-state index contributed by atoms with van der Waals surface area (Å²) in [7, 11) is 0. The zero-order valence-electron chi connectivity index (χ0n) is 18.6. The SMILES string of the molecule is O=C(CNC(=O)c1ccc2c(c1)C(=O)N(CCc1ccccc1)C2=O)NCCc1ccccc1. The Morgan fingerprint density at radius 1 is 0.706 bits per heavy atom. The van der Waals surface area contributed by atoms with E-state index < -0.39 is 11.8 Å². The van der Waals surface area contributed by atoms with Gasteiger partial charge in [-0.15, -0.1) is 0 Å². The van der Waals surface area contributed by atoms with Gasteiger partial charge in [-0.3, -0.25) is 24.1 Å². The molecule has 2 N–H and O–H groups in total. The standard InChI is InChI=1S/C27H25N3O4/c31-24(28-15-13-19-7-3-1-4-8-19)18-29-25(32)21-11-12-22-23(17-21)27(34)30(26(22)33)16-14-20-9-5-2-6-10-20/h1-12,17H,13-16,18H2,(H,28,31)(H,29,32). The normalized spacial score (nSPS) is 12.4.